The van der Waals surface area contributed by atoms with Gasteiger partial charge in [0, 0.05) is 34.9 Å². The quantitative estimate of drug-likeness (QED) is 0.307. The van der Waals surface area contributed by atoms with Gasteiger partial charge in [0.15, 0.2) is 0 Å². The summed E-state index contributed by atoms with van der Waals surface area (Å²) in [4.78, 5) is 31.3. The number of hydrogen-bond acceptors (Lipinski definition) is 4. The zero-order valence-corrected chi connectivity index (χ0v) is 23.6. The van der Waals surface area contributed by atoms with Crippen LogP contribution < -0.4 is 15.6 Å². The Hall–Kier alpha value is -3.91. The van der Waals surface area contributed by atoms with Gasteiger partial charge >= 0.3 is 0 Å². The molecule has 2 aromatic heterocycles. The maximum Gasteiger partial charge on any atom is 0.256 e. The smallest absolute Gasteiger partial charge is 0.256 e. The van der Waals surface area contributed by atoms with Crippen molar-refractivity contribution in [3.63, 3.8) is 0 Å². The number of halogens is 1. The number of methoxy groups -OCH3 is 1. The molecule has 1 amide bonds. The molecule has 0 bridgehead atoms. The highest BCUT2D eigenvalue weighted by atomic mass is 19.1. The molecular weight excluding hydrogens is 507 g/mol. The monoisotopic (exact) mass is 544 g/mol. The molecule has 40 heavy (non-hydrogen) atoms. The number of fused-ring (bicyclic) bond motifs is 1. The number of aromatic nitrogens is 2. The van der Waals surface area contributed by atoms with Gasteiger partial charge < -0.3 is 19.6 Å². The van der Waals surface area contributed by atoms with Crippen molar-refractivity contribution in [2.75, 3.05) is 20.2 Å². The van der Waals surface area contributed by atoms with Gasteiger partial charge in [-0.25, -0.2) is 4.39 Å². The van der Waals surface area contributed by atoms with Gasteiger partial charge in [0.2, 0.25) is 0 Å². The molecule has 1 saturated heterocycles. The van der Waals surface area contributed by atoms with Crippen molar-refractivity contribution in [2.24, 2.45) is 5.92 Å². The Balaban J connectivity index is 1.34. The summed E-state index contributed by atoms with van der Waals surface area (Å²) in [7, 11) is 1.52. The number of hydrogen-bond donors (Lipinski definition) is 2. The van der Waals surface area contributed by atoms with Gasteiger partial charge in [-0.3, -0.25) is 14.5 Å². The Kier molecular flexibility index (Phi) is 8.07. The molecule has 2 aromatic carbocycles. The fourth-order valence-electron chi connectivity index (χ4n) is 6.19. The van der Waals surface area contributed by atoms with Crippen LogP contribution in [0.15, 0.2) is 59.4 Å². The first-order chi connectivity index (χ1) is 19.3. The number of aromatic amines is 1. The van der Waals surface area contributed by atoms with Crippen LogP contribution in [0.1, 0.15) is 58.7 Å². The molecule has 210 valence electrons. The SMILES string of the molecule is COc1cc(C)[nH]c(=O)c1CNC(=O)c1c(C)n([C@H](C)C2CCN(Cc3cccc(F)c3)CC2)c2ccccc12. The number of piperidine rings is 1. The van der Waals surface area contributed by atoms with Gasteiger partial charge in [0.05, 0.1) is 24.8 Å². The molecule has 0 radical (unpaired) electrons. The minimum atomic E-state index is -0.270. The van der Waals surface area contributed by atoms with Crippen LogP contribution in [0.3, 0.4) is 0 Å². The van der Waals surface area contributed by atoms with Crippen LogP contribution in [0.2, 0.25) is 0 Å². The number of para-hydroxylation sites is 1. The van der Waals surface area contributed by atoms with Gasteiger partial charge in [-0.15, -0.1) is 0 Å². The summed E-state index contributed by atoms with van der Waals surface area (Å²) >= 11 is 0. The zero-order chi connectivity index (χ0) is 28.4. The van der Waals surface area contributed by atoms with Gasteiger partial charge in [-0.2, -0.15) is 0 Å². The molecule has 0 spiro atoms. The Bertz CT molecular complexity index is 1580. The third-order valence-electron chi connectivity index (χ3n) is 8.28. The van der Waals surface area contributed by atoms with E-state index in [1.165, 1.54) is 13.2 Å². The molecule has 2 N–H and O–H groups in total. The first-order valence-corrected chi connectivity index (χ1v) is 13.9. The lowest BCUT2D eigenvalue weighted by Gasteiger charge is -2.36. The maximum atomic E-state index is 13.6. The largest absolute Gasteiger partial charge is 0.496 e. The lowest BCUT2D eigenvalue weighted by atomic mass is 9.89. The predicted molar refractivity (Wildman–Crippen MR) is 155 cm³/mol. The van der Waals surface area contributed by atoms with Gasteiger partial charge in [0.1, 0.15) is 11.6 Å². The number of amides is 1. The number of likely N-dealkylation sites (tertiary alicyclic amines) is 1. The van der Waals surface area contributed by atoms with Crippen LogP contribution in [0.5, 0.6) is 5.75 Å². The highest BCUT2D eigenvalue weighted by Crippen LogP contribution is 2.36. The van der Waals surface area contributed by atoms with E-state index in [1.54, 1.807) is 25.1 Å². The Labute approximate surface area is 234 Å². The molecule has 8 heteroatoms. The number of aryl methyl sites for hydroxylation is 1. The van der Waals surface area contributed by atoms with Crippen molar-refractivity contribution in [3.05, 3.63) is 98.8 Å². The van der Waals surface area contributed by atoms with E-state index in [4.69, 9.17) is 4.74 Å². The molecule has 5 rings (SSSR count). The number of pyridine rings is 1. The molecule has 3 heterocycles. The number of carbonyl (C=O) groups excluding carboxylic acids is 1. The second-order valence-corrected chi connectivity index (χ2v) is 10.8. The summed E-state index contributed by atoms with van der Waals surface area (Å²) in [6.45, 7) is 8.75. The van der Waals surface area contributed by atoms with E-state index in [1.807, 2.05) is 31.2 Å². The molecule has 1 aliphatic rings. The second-order valence-electron chi connectivity index (χ2n) is 10.8. The molecule has 7 nitrogen and oxygen atoms in total. The van der Waals surface area contributed by atoms with Crippen LogP contribution in [-0.4, -0.2) is 40.6 Å². The van der Waals surface area contributed by atoms with Crippen molar-refractivity contribution in [3.8, 4) is 5.75 Å². The lowest BCUT2D eigenvalue weighted by Crippen LogP contribution is -2.36. The van der Waals surface area contributed by atoms with E-state index in [-0.39, 0.29) is 29.9 Å². The topological polar surface area (TPSA) is 79.4 Å². The summed E-state index contributed by atoms with van der Waals surface area (Å²) in [5, 5.41) is 3.86. The summed E-state index contributed by atoms with van der Waals surface area (Å²) in [5.74, 6) is 0.495. The molecule has 1 fully saturated rings. The fourth-order valence-corrected chi connectivity index (χ4v) is 6.19. The van der Waals surface area contributed by atoms with E-state index < -0.39 is 0 Å². The molecule has 0 saturated carbocycles. The van der Waals surface area contributed by atoms with Crippen molar-refractivity contribution in [1.82, 2.24) is 19.8 Å². The number of nitrogens with one attached hydrogen (secondary N) is 2. The highest BCUT2D eigenvalue weighted by Gasteiger charge is 2.29. The minimum absolute atomic E-state index is 0.0654. The van der Waals surface area contributed by atoms with Crippen LogP contribution in [0.4, 0.5) is 4.39 Å². The Morgan fingerprint density at radius 1 is 1.12 bits per heavy atom. The van der Waals surface area contributed by atoms with Crippen molar-refractivity contribution >= 4 is 16.8 Å². The molecule has 4 aromatic rings. The molecule has 1 atom stereocenters. The van der Waals surface area contributed by atoms with Crippen molar-refractivity contribution in [2.45, 2.75) is 52.7 Å². The number of rotatable bonds is 8. The number of ether oxygens (including phenoxy) is 1. The normalized spacial score (nSPS) is 15.3. The van der Waals surface area contributed by atoms with E-state index in [2.05, 4.69) is 32.8 Å². The number of nitrogens with zero attached hydrogens (tertiary/aromatic N) is 2. The number of H-pyrrole nitrogens is 1. The molecule has 0 unspecified atom stereocenters. The molecular formula is C32H37FN4O3. The van der Waals surface area contributed by atoms with Crippen molar-refractivity contribution < 1.29 is 13.9 Å². The minimum Gasteiger partial charge on any atom is -0.496 e. The van der Waals surface area contributed by atoms with Gasteiger partial charge in [0.25, 0.3) is 11.5 Å². The molecule has 1 aliphatic heterocycles. The lowest BCUT2D eigenvalue weighted by molar-refractivity contribution is 0.0951. The fraction of sp³-hybridized carbons (Fsp3) is 0.375. The Morgan fingerprint density at radius 3 is 2.60 bits per heavy atom. The van der Waals surface area contributed by atoms with E-state index in [0.29, 0.717) is 28.5 Å². The van der Waals surface area contributed by atoms with Crippen LogP contribution in [-0.2, 0) is 13.1 Å². The predicted octanol–water partition coefficient (Wildman–Crippen LogP) is 5.50. The average Bonchev–Trinajstić information content (AvgIpc) is 3.23. The van der Waals surface area contributed by atoms with Crippen LogP contribution >= 0.6 is 0 Å². The number of carbonyl (C=O) groups is 1. The number of benzene rings is 2. The van der Waals surface area contributed by atoms with E-state index >= 15 is 0 Å². The zero-order valence-electron chi connectivity index (χ0n) is 23.6. The highest BCUT2D eigenvalue weighted by molar-refractivity contribution is 6.08. The summed E-state index contributed by atoms with van der Waals surface area (Å²) < 4.78 is 21.3. The first-order valence-electron chi connectivity index (χ1n) is 13.9. The van der Waals surface area contributed by atoms with Gasteiger partial charge in [-0.1, -0.05) is 30.3 Å². The summed E-state index contributed by atoms with van der Waals surface area (Å²) in [6, 6.07) is 16.8. The van der Waals surface area contributed by atoms with Crippen LogP contribution in [0, 0.1) is 25.6 Å². The standard InChI is InChI=1S/C32H37FN4O3/c1-20-16-29(40-4)27(31(38)35-20)18-34-32(39)30-22(3)37(28-11-6-5-10-26(28)30)21(2)24-12-14-36(15-13-24)19-23-8-7-9-25(33)17-23/h5-11,16-17,21,24H,12-15,18-19H2,1-4H3,(H,34,39)(H,35,38)/t21-/m1/s1. The second kappa shape index (κ2) is 11.7. The van der Waals surface area contributed by atoms with E-state index in [0.717, 1.165) is 54.6 Å². The first kappa shape index (κ1) is 27.6. The summed E-state index contributed by atoms with van der Waals surface area (Å²) in [5.41, 5.74) is 4.40. The van der Waals surface area contributed by atoms with Gasteiger partial charge in [-0.05, 0) is 82.4 Å². The molecule has 0 aliphatic carbocycles. The van der Waals surface area contributed by atoms with Crippen molar-refractivity contribution in [1.29, 1.82) is 0 Å². The van der Waals surface area contributed by atoms with Crippen LogP contribution in [0.25, 0.3) is 10.9 Å². The Morgan fingerprint density at radius 2 is 1.88 bits per heavy atom. The third-order valence-corrected chi connectivity index (χ3v) is 8.28. The summed E-state index contributed by atoms with van der Waals surface area (Å²) in [6.07, 6.45) is 2.06. The third kappa shape index (κ3) is 5.54. The average molecular weight is 545 g/mol. The maximum absolute atomic E-state index is 13.6. The van der Waals surface area contributed by atoms with E-state index in [9.17, 15) is 14.0 Å².